The van der Waals surface area contributed by atoms with Crippen LogP contribution in [0, 0.1) is 0 Å². The zero-order chi connectivity index (χ0) is 10.8. The van der Waals surface area contributed by atoms with Crippen LogP contribution in [0.5, 0.6) is 0 Å². The zero-order valence-electron chi connectivity index (χ0n) is 9.11. The Bertz CT molecular complexity index is 148. The average molecular weight is 217 g/mol. The molecular formula is C10H20NO2P. The lowest BCUT2D eigenvalue weighted by molar-refractivity contribution is 0.239. The summed E-state index contributed by atoms with van der Waals surface area (Å²) < 4.78 is 13.2. The Morgan fingerprint density at radius 1 is 1.07 bits per heavy atom. The summed E-state index contributed by atoms with van der Waals surface area (Å²) in [4.78, 5) is 0. The quantitative estimate of drug-likeness (QED) is 0.438. The fourth-order valence-corrected chi connectivity index (χ4v) is 2.22. The molecule has 0 radical (unpaired) electrons. The number of hydrogen-bond acceptors (Lipinski definition) is 3. The van der Waals surface area contributed by atoms with Crippen molar-refractivity contribution in [3.63, 3.8) is 0 Å². The molecule has 0 saturated heterocycles. The minimum absolute atomic E-state index is 0.527. The summed E-state index contributed by atoms with van der Waals surface area (Å²) in [7, 11) is -0.945. The van der Waals surface area contributed by atoms with Gasteiger partial charge < -0.3 is 9.05 Å². The van der Waals surface area contributed by atoms with Crippen molar-refractivity contribution in [2.75, 3.05) is 26.3 Å². The van der Waals surface area contributed by atoms with Crippen LogP contribution in [0.25, 0.3) is 0 Å². The molecule has 0 fully saturated rings. The summed E-state index contributed by atoms with van der Waals surface area (Å²) in [5.74, 6) is 0. The summed E-state index contributed by atoms with van der Waals surface area (Å²) >= 11 is 0. The van der Waals surface area contributed by atoms with Crippen LogP contribution < -0.4 is 0 Å². The van der Waals surface area contributed by atoms with Crippen molar-refractivity contribution in [3.05, 3.63) is 25.3 Å². The third kappa shape index (κ3) is 5.51. The highest BCUT2D eigenvalue weighted by molar-refractivity contribution is 7.44. The van der Waals surface area contributed by atoms with Gasteiger partial charge in [0.05, 0.1) is 13.2 Å². The molecule has 0 unspecified atom stereocenters. The van der Waals surface area contributed by atoms with Gasteiger partial charge in [-0.1, -0.05) is 26.0 Å². The molecule has 0 N–H and O–H groups in total. The molecule has 82 valence electrons. The van der Waals surface area contributed by atoms with Crippen LogP contribution in [0.1, 0.15) is 13.8 Å². The van der Waals surface area contributed by atoms with E-state index in [0.29, 0.717) is 13.2 Å². The van der Waals surface area contributed by atoms with Gasteiger partial charge in [0.25, 0.3) is 8.53 Å². The van der Waals surface area contributed by atoms with Crippen LogP contribution in [0.3, 0.4) is 0 Å². The topological polar surface area (TPSA) is 21.7 Å². The molecule has 0 aliphatic rings. The molecular weight excluding hydrogens is 197 g/mol. The third-order valence-electron chi connectivity index (χ3n) is 1.57. The Morgan fingerprint density at radius 2 is 1.50 bits per heavy atom. The van der Waals surface area contributed by atoms with Gasteiger partial charge in [0, 0.05) is 13.1 Å². The smallest absolute Gasteiger partial charge is 0.259 e. The van der Waals surface area contributed by atoms with E-state index in [-0.39, 0.29) is 0 Å². The van der Waals surface area contributed by atoms with Crippen LogP contribution in [0.2, 0.25) is 0 Å². The molecule has 0 aliphatic heterocycles. The molecule has 14 heavy (non-hydrogen) atoms. The van der Waals surface area contributed by atoms with Gasteiger partial charge in [0.1, 0.15) is 0 Å². The van der Waals surface area contributed by atoms with Gasteiger partial charge in [-0.2, -0.15) is 0 Å². The van der Waals surface area contributed by atoms with Crippen LogP contribution >= 0.6 is 8.53 Å². The van der Waals surface area contributed by atoms with E-state index in [1.54, 1.807) is 12.2 Å². The third-order valence-corrected chi connectivity index (χ3v) is 3.33. The first-order chi connectivity index (χ1) is 6.79. The average Bonchev–Trinajstić information content (AvgIpc) is 2.22. The second-order valence-electron chi connectivity index (χ2n) is 2.55. The maximum atomic E-state index is 5.54. The molecule has 0 amide bonds. The Labute approximate surface area is 88.4 Å². The van der Waals surface area contributed by atoms with Gasteiger partial charge in [0.15, 0.2) is 0 Å². The zero-order valence-corrected chi connectivity index (χ0v) is 10.0. The van der Waals surface area contributed by atoms with Gasteiger partial charge in [-0.3, -0.25) is 0 Å². The van der Waals surface area contributed by atoms with E-state index in [9.17, 15) is 0 Å². The van der Waals surface area contributed by atoms with E-state index < -0.39 is 8.53 Å². The molecule has 0 aromatic heterocycles. The maximum Gasteiger partial charge on any atom is 0.259 e. The summed E-state index contributed by atoms with van der Waals surface area (Å²) in [5, 5.41) is 0. The highest BCUT2D eigenvalue weighted by Crippen LogP contribution is 2.42. The maximum absolute atomic E-state index is 5.54. The molecule has 0 atom stereocenters. The summed E-state index contributed by atoms with van der Waals surface area (Å²) in [5.41, 5.74) is 0. The van der Waals surface area contributed by atoms with Crippen LogP contribution in [0.4, 0.5) is 0 Å². The number of nitrogens with zero attached hydrogens (tertiary/aromatic N) is 1. The van der Waals surface area contributed by atoms with Crippen molar-refractivity contribution < 1.29 is 9.05 Å². The summed E-state index contributed by atoms with van der Waals surface area (Å²) in [6.45, 7) is 14.3. The number of hydrogen-bond donors (Lipinski definition) is 0. The lowest BCUT2D eigenvalue weighted by Gasteiger charge is -2.26. The minimum Gasteiger partial charge on any atom is -0.318 e. The highest BCUT2D eigenvalue weighted by Gasteiger charge is 2.17. The monoisotopic (exact) mass is 217 g/mol. The first-order valence-corrected chi connectivity index (χ1v) is 5.95. The second kappa shape index (κ2) is 9.35. The predicted octanol–water partition coefficient (Wildman–Crippen LogP) is 2.96. The normalized spacial score (nSPS) is 10.9. The van der Waals surface area contributed by atoms with Gasteiger partial charge in [0.2, 0.25) is 0 Å². The van der Waals surface area contributed by atoms with E-state index in [1.165, 1.54) is 0 Å². The fraction of sp³-hybridized carbons (Fsp3) is 0.600. The van der Waals surface area contributed by atoms with Crippen molar-refractivity contribution in [3.8, 4) is 0 Å². The molecule has 0 rings (SSSR count). The number of rotatable bonds is 9. The van der Waals surface area contributed by atoms with Gasteiger partial charge in [-0.25, -0.2) is 4.67 Å². The van der Waals surface area contributed by atoms with E-state index in [1.807, 2.05) is 0 Å². The molecule has 0 heterocycles. The van der Waals surface area contributed by atoms with Gasteiger partial charge >= 0.3 is 0 Å². The van der Waals surface area contributed by atoms with E-state index >= 15 is 0 Å². The Balaban J connectivity index is 4.04. The van der Waals surface area contributed by atoms with Gasteiger partial charge in [-0.05, 0) is 0 Å². The Kier molecular flexibility index (Phi) is 9.21. The minimum atomic E-state index is -0.945. The van der Waals surface area contributed by atoms with Gasteiger partial charge in [-0.15, -0.1) is 13.2 Å². The molecule has 3 nitrogen and oxygen atoms in total. The van der Waals surface area contributed by atoms with Crippen molar-refractivity contribution in [2.24, 2.45) is 0 Å². The molecule has 0 aliphatic carbocycles. The molecule has 0 aromatic rings. The highest BCUT2D eigenvalue weighted by atomic mass is 31.2. The largest absolute Gasteiger partial charge is 0.318 e. The second-order valence-corrected chi connectivity index (χ2v) is 4.10. The van der Waals surface area contributed by atoms with Crippen LogP contribution in [0.15, 0.2) is 25.3 Å². The first kappa shape index (κ1) is 13.8. The summed E-state index contributed by atoms with van der Waals surface area (Å²) in [6, 6.07) is 0. The van der Waals surface area contributed by atoms with Crippen molar-refractivity contribution in [1.29, 1.82) is 0 Å². The summed E-state index contributed by atoms with van der Waals surface area (Å²) in [6.07, 6.45) is 3.46. The fourth-order valence-electron chi connectivity index (χ4n) is 0.888. The van der Waals surface area contributed by atoms with E-state index in [0.717, 1.165) is 13.1 Å². The van der Waals surface area contributed by atoms with Crippen molar-refractivity contribution in [1.82, 2.24) is 4.67 Å². The lowest BCUT2D eigenvalue weighted by Crippen LogP contribution is -2.19. The molecule has 4 heteroatoms. The first-order valence-electron chi connectivity index (χ1n) is 4.82. The van der Waals surface area contributed by atoms with Crippen LogP contribution in [-0.2, 0) is 9.05 Å². The molecule has 0 spiro atoms. The van der Waals surface area contributed by atoms with Crippen molar-refractivity contribution in [2.45, 2.75) is 13.8 Å². The Hall–Kier alpha value is -0.210. The molecule has 0 bridgehead atoms. The molecule has 0 aromatic carbocycles. The molecule has 0 saturated carbocycles. The predicted molar refractivity (Wildman–Crippen MR) is 62.1 cm³/mol. The standard InChI is InChI=1S/C10H20NO2P/c1-5-9-12-14(13-10-6-2)11(7-3)8-4/h5-6H,1-2,7-10H2,3-4H3. The van der Waals surface area contributed by atoms with Crippen LogP contribution in [-0.4, -0.2) is 31.0 Å². The van der Waals surface area contributed by atoms with E-state index in [4.69, 9.17) is 9.05 Å². The Morgan fingerprint density at radius 3 is 1.79 bits per heavy atom. The SMILES string of the molecule is C=CCOP(OCC=C)N(CC)CC. The van der Waals surface area contributed by atoms with Crippen molar-refractivity contribution >= 4 is 8.53 Å². The van der Waals surface area contributed by atoms with E-state index in [2.05, 4.69) is 31.7 Å². The lowest BCUT2D eigenvalue weighted by atomic mass is 10.7.